The van der Waals surface area contributed by atoms with Gasteiger partial charge in [0.05, 0.1) is 0 Å². The molecule has 1 aliphatic rings. The smallest absolute Gasteiger partial charge is 0.0208 e. The van der Waals surface area contributed by atoms with Gasteiger partial charge in [-0.1, -0.05) is 50.6 Å². The molecule has 2 atom stereocenters. The number of benzene rings is 1. The zero-order chi connectivity index (χ0) is 13.2. The van der Waals surface area contributed by atoms with Crippen LogP contribution in [0.2, 0.25) is 0 Å². The number of nitrogens with one attached hydrogen (secondary N) is 1. The highest BCUT2D eigenvalue weighted by Gasteiger charge is 2.31. The molecule has 18 heavy (non-hydrogen) atoms. The van der Waals surface area contributed by atoms with Crippen LogP contribution in [0.5, 0.6) is 0 Å². The highest BCUT2D eigenvalue weighted by molar-refractivity contribution is 5.22. The highest BCUT2D eigenvalue weighted by Crippen LogP contribution is 2.38. The molecule has 2 rings (SSSR count). The lowest BCUT2D eigenvalue weighted by molar-refractivity contribution is 0.148. The standard InChI is InChI=1S/C17H27N/c1-13-6-5-7-15(10-13)12-18-16-8-9-17(3,4)11-14(16)2/h5-7,10,14,16,18H,8-9,11-12H2,1-4H3. The van der Waals surface area contributed by atoms with Gasteiger partial charge in [-0.3, -0.25) is 0 Å². The summed E-state index contributed by atoms with van der Waals surface area (Å²) in [6.07, 6.45) is 4.02. The maximum Gasteiger partial charge on any atom is 0.0208 e. The van der Waals surface area contributed by atoms with Gasteiger partial charge in [-0.05, 0) is 43.1 Å². The quantitative estimate of drug-likeness (QED) is 0.837. The van der Waals surface area contributed by atoms with Gasteiger partial charge in [-0.2, -0.15) is 0 Å². The van der Waals surface area contributed by atoms with Crippen LogP contribution < -0.4 is 5.32 Å². The van der Waals surface area contributed by atoms with Crippen molar-refractivity contribution >= 4 is 0 Å². The maximum atomic E-state index is 3.75. The van der Waals surface area contributed by atoms with Crippen molar-refractivity contribution in [1.29, 1.82) is 0 Å². The molecule has 0 amide bonds. The molecule has 1 heteroatoms. The summed E-state index contributed by atoms with van der Waals surface area (Å²) in [5.41, 5.74) is 3.31. The second-order valence-electron chi connectivity index (χ2n) is 6.86. The largest absolute Gasteiger partial charge is 0.310 e. The van der Waals surface area contributed by atoms with Crippen molar-refractivity contribution in [2.75, 3.05) is 0 Å². The minimum Gasteiger partial charge on any atom is -0.310 e. The first-order valence-corrected chi connectivity index (χ1v) is 7.25. The SMILES string of the molecule is Cc1cccc(CNC2CCC(C)(C)CC2C)c1. The van der Waals surface area contributed by atoms with Gasteiger partial charge in [-0.25, -0.2) is 0 Å². The van der Waals surface area contributed by atoms with E-state index < -0.39 is 0 Å². The summed E-state index contributed by atoms with van der Waals surface area (Å²) in [6, 6.07) is 9.51. The van der Waals surface area contributed by atoms with Crippen LogP contribution in [0.3, 0.4) is 0 Å². The van der Waals surface area contributed by atoms with Crippen molar-refractivity contribution in [1.82, 2.24) is 5.32 Å². The van der Waals surface area contributed by atoms with E-state index in [4.69, 9.17) is 0 Å². The van der Waals surface area contributed by atoms with E-state index in [1.165, 1.54) is 30.4 Å². The van der Waals surface area contributed by atoms with Crippen LogP contribution in [0.1, 0.15) is 51.2 Å². The number of hydrogen-bond acceptors (Lipinski definition) is 1. The Bertz CT molecular complexity index is 394. The molecule has 1 N–H and O–H groups in total. The van der Waals surface area contributed by atoms with Gasteiger partial charge >= 0.3 is 0 Å². The lowest BCUT2D eigenvalue weighted by Gasteiger charge is -2.39. The molecule has 0 heterocycles. The average Bonchev–Trinajstić information content (AvgIpc) is 2.27. The Balaban J connectivity index is 1.87. The zero-order valence-electron chi connectivity index (χ0n) is 12.3. The zero-order valence-corrected chi connectivity index (χ0v) is 12.3. The van der Waals surface area contributed by atoms with E-state index in [1.54, 1.807) is 0 Å². The minimum absolute atomic E-state index is 0.543. The van der Waals surface area contributed by atoms with E-state index in [9.17, 15) is 0 Å². The van der Waals surface area contributed by atoms with Crippen molar-refractivity contribution < 1.29 is 0 Å². The Kier molecular flexibility index (Phi) is 4.11. The van der Waals surface area contributed by atoms with Crippen LogP contribution in [-0.4, -0.2) is 6.04 Å². The monoisotopic (exact) mass is 245 g/mol. The summed E-state index contributed by atoms with van der Waals surface area (Å²) in [5, 5.41) is 3.75. The lowest BCUT2D eigenvalue weighted by Crippen LogP contribution is -2.41. The topological polar surface area (TPSA) is 12.0 Å². The molecule has 100 valence electrons. The number of aryl methyl sites for hydroxylation is 1. The lowest BCUT2D eigenvalue weighted by atomic mass is 9.70. The minimum atomic E-state index is 0.543. The van der Waals surface area contributed by atoms with E-state index in [1.807, 2.05) is 0 Å². The molecule has 0 bridgehead atoms. The van der Waals surface area contributed by atoms with Crippen LogP contribution in [0, 0.1) is 18.3 Å². The second kappa shape index (κ2) is 5.44. The van der Waals surface area contributed by atoms with E-state index >= 15 is 0 Å². The molecule has 0 aromatic heterocycles. The Morgan fingerprint density at radius 3 is 2.78 bits per heavy atom. The van der Waals surface area contributed by atoms with Crippen molar-refractivity contribution in [3.05, 3.63) is 35.4 Å². The van der Waals surface area contributed by atoms with Gasteiger partial charge in [0.15, 0.2) is 0 Å². The molecule has 1 nitrogen and oxygen atoms in total. The second-order valence-corrected chi connectivity index (χ2v) is 6.86. The third-order valence-corrected chi connectivity index (χ3v) is 4.34. The van der Waals surface area contributed by atoms with E-state index in [0.717, 1.165) is 12.5 Å². The van der Waals surface area contributed by atoms with Crippen LogP contribution in [0.4, 0.5) is 0 Å². The van der Waals surface area contributed by atoms with E-state index in [0.29, 0.717) is 11.5 Å². The molecule has 1 saturated carbocycles. The number of rotatable bonds is 3. The summed E-state index contributed by atoms with van der Waals surface area (Å²) in [4.78, 5) is 0. The molecule has 0 saturated heterocycles. The predicted octanol–water partition coefficient (Wildman–Crippen LogP) is 4.30. The summed E-state index contributed by atoms with van der Waals surface area (Å²) in [5.74, 6) is 0.790. The average molecular weight is 245 g/mol. The fourth-order valence-electron chi connectivity index (χ4n) is 3.32. The van der Waals surface area contributed by atoms with Gasteiger partial charge in [0, 0.05) is 12.6 Å². The van der Waals surface area contributed by atoms with E-state index in [2.05, 4.69) is 57.3 Å². The summed E-state index contributed by atoms with van der Waals surface area (Å²) < 4.78 is 0. The molecule has 0 aliphatic heterocycles. The molecule has 1 fully saturated rings. The van der Waals surface area contributed by atoms with Crippen LogP contribution >= 0.6 is 0 Å². The van der Waals surface area contributed by atoms with Crippen LogP contribution in [0.25, 0.3) is 0 Å². The Labute approximate surface area is 112 Å². The Morgan fingerprint density at radius 2 is 2.11 bits per heavy atom. The third kappa shape index (κ3) is 3.58. The van der Waals surface area contributed by atoms with Crippen LogP contribution in [0.15, 0.2) is 24.3 Å². The van der Waals surface area contributed by atoms with Gasteiger partial charge < -0.3 is 5.32 Å². The molecule has 1 aromatic rings. The summed E-state index contributed by atoms with van der Waals surface area (Å²) in [7, 11) is 0. The van der Waals surface area contributed by atoms with E-state index in [-0.39, 0.29) is 0 Å². The van der Waals surface area contributed by atoms with Crippen molar-refractivity contribution in [3.8, 4) is 0 Å². The predicted molar refractivity (Wildman–Crippen MR) is 78.6 cm³/mol. The molecule has 2 unspecified atom stereocenters. The van der Waals surface area contributed by atoms with Gasteiger partial charge in [0.2, 0.25) is 0 Å². The van der Waals surface area contributed by atoms with Crippen molar-refractivity contribution in [2.24, 2.45) is 11.3 Å². The molecular weight excluding hydrogens is 218 g/mol. The first-order valence-electron chi connectivity index (χ1n) is 7.25. The van der Waals surface area contributed by atoms with Gasteiger partial charge in [-0.15, -0.1) is 0 Å². The Hall–Kier alpha value is -0.820. The Morgan fingerprint density at radius 1 is 1.33 bits per heavy atom. The summed E-state index contributed by atoms with van der Waals surface area (Å²) >= 11 is 0. The molecule has 0 radical (unpaired) electrons. The van der Waals surface area contributed by atoms with Gasteiger partial charge in [0.25, 0.3) is 0 Å². The third-order valence-electron chi connectivity index (χ3n) is 4.34. The fourth-order valence-corrected chi connectivity index (χ4v) is 3.32. The molecule has 1 aliphatic carbocycles. The molecular formula is C17H27N. The first-order chi connectivity index (χ1) is 8.46. The number of hydrogen-bond donors (Lipinski definition) is 1. The maximum absolute atomic E-state index is 3.75. The fraction of sp³-hybridized carbons (Fsp3) is 0.647. The summed E-state index contributed by atoms with van der Waals surface area (Å²) in [6.45, 7) is 10.4. The van der Waals surface area contributed by atoms with Crippen LogP contribution in [-0.2, 0) is 6.54 Å². The highest BCUT2D eigenvalue weighted by atomic mass is 14.9. The molecule has 0 spiro atoms. The van der Waals surface area contributed by atoms with Crippen molar-refractivity contribution in [2.45, 2.75) is 59.5 Å². The first kappa shape index (κ1) is 13.6. The normalized spacial score (nSPS) is 27.1. The van der Waals surface area contributed by atoms with Crippen molar-refractivity contribution in [3.63, 3.8) is 0 Å². The molecule has 1 aromatic carbocycles. The van der Waals surface area contributed by atoms with Gasteiger partial charge in [0.1, 0.15) is 0 Å².